The number of hydrogen-bond donors (Lipinski definition) is 2. The highest BCUT2D eigenvalue weighted by Crippen LogP contribution is 2.31. The van der Waals surface area contributed by atoms with E-state index >= 15 is 0 Å². The van der Waals surface area contributed by atoms with Gasteiger partial charge in [-0.25, -0.2) is 4.79 Å². The van der Waals surface area contributed by atoms with Crippen LogP contribution in [0.2, 0.25) is 0 Å². The number of rotatable bonds is 9. The molecular weight excluding hydrogens is 440 g/mol. The van der Waals surface area contributed by atoms with Crippen molar-refractivity contribution >= 4 is 6.09 Å². The van der Waals surface area contributed by atoms with Gasteiger partial charge < -0.3 is 19.7 Å². The number of aliphatic hydroxyl groups is 1. The van der Waals surface area contributed by atoms with Crippen molar-refractivity contribution in [1.29, 1.82) is 0 Å². The Morgan fingerprint density at radius 1 is 1.00 bits per heavy atom. The molecule has 0 aliphatic rings. The van der Waals surface area contributed by atoms with Gasteiger partial charge in [0.15, 0.2) is 0 Å². The van der Waals surface area contributed by atoms with E-state index < -0.39 is 11.7 Å². The van der Waals surface area contributed by atoms with Crippen LogP contribution in [-0.4, -0.2) is 37.9 Å². The second kappa shape index (κ2) is 10.9. The summed E-state index contributed by atoms with van der Waals surface area (Å²) in [6.07, 6.45) is 0.178. The number of carboxylic acid groups (broad SMARTS) is 1. The summed E-state index contributed by atoms with van der Waals surface area (Å²) in [4.78, 5) is 25.8. The quantitative estimate of drug-likeness (QED) is 0.413. The smallest absolute Gasteiger partial charge is 0.407 e. The van der Waals surface area contributed by atoms with Gasteiger partial charge in [-0.3, -0.25) is 4.79 Å². The molecule has 0 aliphatic heterocycles. The van der Waals surface area contributed by atoms with Crippen LogP contribution >= 0.6 is 0 Å². The molecule has 2 atom stereocenters. The van der Waals surface area contributed by atoms with Gasteiger partial charge in [0.2, 0.25) is 0 Å². The normalized spacial score (nSPS) is 13.3. The van der Waals surface area contributed by atoms with Crippen molar-refractivity contribution in [1.82, 2.24) is 9.47 Å². The third-order valence-corrected chi connectivity index (χ3v) is 6.68. The van der Waals surface area contributed by atoms with Gasteiger partial charge in [-0.05, 0) is 74.8 Å². The fraction of sp³-hybridized carbons (Fsp3) is 0.379. The molecule has 35 heavy (non-hydrogen) atoms. The zero-order valence-corrected chi connectivity index (χ0v) is 21.2. The molecule has 0 bridgehead atoms. The summed E-state index contributed by atoms with van der Waals surface area (Å²) in [6, 6.07) is 20.9. The molecular formula is C29H36N2O4. The third kappa shape index (κ3) is 6.83. The Bertz CT molecular complexity index is 1190. The van der Waals surface area contributed by atoms with Gasteiger partial charge in [-0.2, -0.15) is 0 Å². The van der Waals surface area contributed by atoms with Crippen molar-refractivity contribution in [2.24, 2.45) is 7.05 Å². The molecule has 0 aliphatic carbocycles. The van der Waals surface area contributed by atoms with Crippen molar-refractivity contribution in [3.8, 4) is 11.1 Å². The Hall–Kier alpha value is -3.38. The van der Waals surface area contributed by atoms with E-state index in [1.165, 1.54) is 4.90 Å². The molecule has 186 valence electrons. The largest absolute Gasteiger partial charge is 0.465 e. The minimum Gasteiger partial charge on any atom is -0.465 e. The number of pyridine rings is 1. The monoisotopic (exact) mass is 476 g/mol. The number of aromatic nitrogens is 1. The van der Waals surface area contributed by atoms with Crippen molar-refractivity contribution in [3.63, 3.8) is 0 Å². The zero-order valence-electron chi connectivity index (χ0n) is 21.2. The van der Waals surface area contributed by atoms with E-state index in [2.05, 4.69) is 0 Å². The maximum atomic E-state index is 12.2. The predicted octanol–water partition coefficient (Wildman–Crippen LogP) is 5.74. The van der Waals surface area contributed by atoms with Gasteiger partial charge in [-0.1, -0.05) is 54.6 Å². The second-order valence-electron chi connectivity index (χ2n) is 9.97. The van der Waals surface area contributed by atoms with Crippen LogP contribution in [0.4, 0.5) is 4.79 Å². The Morgan fingerprint density at radius 2 is 1.63 bits per heavy atom. The number of benzene rings is 2. The Labute approximate surface area is 207 Å². The average molecular weight is 477 g/mol. The number of aryl methyl sites for hydroxylation is 1. The van der Waals surface area contributed by atoms with Gasteiger partial charge in [0.1, 0.15) is 0 Å². The predicted molar refractivity (Wildman–Crippen MR) is 140 cm³/mol. The summed E-state index contributed by atoms with van der Waals surface area (Å²) in [7, 11) is 1.75. The van der Waals surface area contributed by atoms with Crippen LogP contribution in [0.5, 0.6) is 0 Å². The van der Waals surface area contributed by atoms with Crippen molar-refractivity contribution < 1.29 is 15.0 Å². The molecule has 2 aromatic carbocycles. The second-order valence-corrected chi connectivity index (χ2v) is 9.97. The summed E-state index contributed by atoms with van der Waals surface area (Å²) in [5, 5.41) is 20.4. The van der Waals surface area contributed by atoms with Gasteiger partial charge in [0.05, 0.1) is 11.6 Å². The Balaban J connectivity index is 1.78. The molecule has 0 fully saturated rings. The zero-order chi connectivity index (χ0) is 25.8. The fourth-order valence-corrected chi connectivity index (χ4v) is 4.53. The fourth-order valence-electron chi connectivity index (χ4n) is 4.53. The van der Waals surface area contributed by atoms with Crippen LogP contribution in [0.25, 0.3) is 11.1 Å². The molecule has 1 aromatic heterocycles. The van der Waals surface area contributed by atoms with E-state index in [9.17, 15) is 19.8 Å². The molecule has 3 aromatic rings. The van der Waals surface area contributed by atoms with Gasteiger partial charge in [0, 0.05) is 25.4 Å². The first-order valence-corrected chi connectivity index (χ1v) is 12.0. The SMILES string of the molecule is Cc1cc(-c2ccc([C@H](C)N(CC[C@H](CC(C)(C)O)c3ccccc3)C(=O)O)cc2)cc(=O)n1C. The summed E-state index contributed by atoms with van der Waals surface area (Å²) in [6.45, 7) is 7.70. The standard InChI is InChI=1S/C29H36N2O4/c1-20-17-26(18-27(32)30(20)5)24-13-11-22(12-14-24)21(2)31(28(33)34)16-15-25(19-29(3,4)35)23-9-7-6-8-10-23/h6-14,17-18,21,25,35H,15-16,19H2,1-5H3,(H,33,34)/t21-,25+/m0/s1. The first kappa shape index (κ1) is 26.2. The van der Waals surface area contributed by atoms with E-state index in [0.717, 1.165) is 27.9 Å². The average Bonchev–Trinajstić information content (AvgIpc) is 2.81. The number of amides is 1. The van der Waals surface area contributed by atoms with Crippen LogP contribution in [0, 0.1) is 6.92 Å². The lowest BCUT2D eigenvalue weighted by atomic mass is 9.85. The lowest BCUT2D eigenvalue weighted by Gasteiger charge is -2.31. The van der Waals surface area contributed by atoms with Crippen LogP contribution in [-0.2, 0) is 7.05 Å². The van der Waals surface area contributed by atoms with Crippen LogP contribution in [0.3, 0.4) is 0 Å². The number of nitrogens with zero attached hydrogens (tertiary/aromatic N) is 2. The summed E-state index contributed by atoms with van der Waals surface area (Å²) >= 11 is 0. The van der Waals surface area contributed by atoms with Crippen LogP contribution in [0.15, 0.2) is 71.5 Å². The molecule has 1 heterocycles. The highest BCUT2D eigenvalue weighted by molar-refractivity contribution is 5.66. The van der Waals surface area contributed by atoms with Gasteiger partial charge in [-0.15, -0.1) is 0 Å². The van der Waals surface area contributed by atoms with E-state index in [-0.39, 0.29) is 17.5 Å². The molecule has 0 saturated heterocycles. The lowest BCUT2D eigenvalue weighted by Crippen LogP contribution is -2.34. The molecule has 0 spiro atoms. The minimum absolute atomic E-state index is 0.0385. The van der Waals surface area contributed by atoms with E-state index in [1.54, 1.807) is 31.5 Å². The first-order chi connectivity index (χ1) is 16.5. The van der Waals surface area contributed by atoms with E-state index in [1.807, 2.05) is 74.5 Å². The van der Waals surface area contributed by atoms with Gasteiger partial charge in [0.25, 0.3) is 5.56 Å². The lowest BCUT2D eigenvalue weighted by molar-refractivity contribution is 0.0598. The van der Waals surface area contributed by atoms with Gasteiger partial charge >= 0.3 is 6.09 Å². The van der Waals surface area contributed by atoms with E-state index in [0.29, 0.717) is 19.4 Å². The molecule has 6 heteroatoms. The molecule has 0 radical (unpaired) electrons. The molecule has 2 N–H and O–H groups in total. The molecule has 0 unspecified atom stereocenters. The summed E-state index contributed by atoms with van der Waals surface area (Å²) in [5.74, 6) is 0.0385. The maximum absolute atomic E-state index is 12.2. The first-order valence-electron chi connectivity index (χ1n) is 12.0. The van der Waals surface area contributed by atoms with Crippen LogP contribution in [0.1, 0.15) is 62.4 Å². The summed E-state index contributed by atoms with van der Waals surface area (Å²) < 4.78 is 1.60. The Kier molecular flexibility index (Phi) is 8.18. The number of hydrogen-bond acceptors (Lipinski definition) is 3. The number of carbonyl (C=O) groups is 1. The van der Waals surface area contributed by atoms with Crippen molar-refractivity contribution in [2.75, 3.05) is 6.54 Å². The molecule has 0 saturated carbocycles. The van der Waals surface area contributed by atoms with Crippen molar-refractivity contribution in [2.45, 2.75) is 58.1 Å². The molecule has 3 rings (SSSR count). The minimum atomic E-state index is -0.973. The van der Waals surface area contributed by atoms with Crippen LogP contribution < -0.4 is 5.56 Å². The summed E-state index contributed by atoms with van der Waals surface area (Å²) in [5.41, 5.74) is 3.70. The topological polar surface area (TPSA) is 82.8 Å². The van der Waals surface area contributed by atoms with E-state index in [4.69, 9.17) is 0 Å². The maximum Gasteiger partial charge on any atom is 0.407 e. The molecule has 6 nitrogen and oxygen atoms in total. The third-order valence-electron chi connectivity index (χ3n) is 6.68. The highest BCUT2D eigenvalue weighted by Gasteiger charge is 2.26. The molecule has 1 amide bonds. The highest BCUT2D eigenvalue weighted by atomic mass is 16.4. The van der Waals surface area contributed by atoms with Crippen molar-refractivity contribution in [3.05, 3.63) is 93.9 Å². The Morgan fingerprint density at radius 3 is 2.17 bits per heavy atom.